The number of carboxylic acid groups (broad SMARTS) is 1. The highest BCUT2D eigenvalue weighted by molar-refractivity contribution is 5.65. The molecule has 2 aromatic heterocycles. The molecule has 3 rings (SSSR count). The number of nitrogens with one attached hydrogen (secondary N) is 3. The second kappa shape index (κ2) is 6.00. The molecule has 0 aliphatic heterocycles. The van der Waals surface area contributed by atoms with Crippen LogP contribution in [-0.4, -0.2) is 37.6 Å². The third-order valence-corrected chi connectivity index (χ3v) is 3.97. The van der Waals surface area contributed by atoms with E-state index in [0.29, 0.717) is 5.92 Å². The molecule has 116 valence electrons. The maximum atomic E-state index is 10.7. The van der Waals surface area contributed by atoms with Gasteiger partial charge in [-0.1, -0.05) is 0 Å². The summed E-state index contributed by atoms with van der Waals surface area (Å²) in [6.45, 7) is 1.88. The number of hydrogen-bond acceptors (Lipinski definition) is 5. The minimum Gasteiger partial charge on any atom is -0.465 e. The maximum Gasteiger partial charge on any atom is 0.404 e. The van der Waals surface area contributed by atoms with Crippen molar-refractivity contribution in [3.63, 3.8) is 0 Å². The molecule has 2 heterocycles. The Morgan fingerprint density at radius 1 is 1.45 bits per heavy atom. The molecule has 1 unspecified atom stereocenters. The molecule has 22 heavy (non-hydrogen) atoms. The molecule has 0 radical (unpaired) electrons. The highest BCUT2D eigenvalue weighted by atomic mass is 16.4. The lowest BCUT2D eigenvalue weighted by Gasteiger charge is -2.09. The molecule has 1 saturated carbocycles. The minimum absolute atomic E-state index is 0.0221. The van der Waals surface area contributed by atoms with Crippen LogP contribution in [0.1, 0.15) is 36.6 Å². The molecule has 0 bridgehead atoms. The predicted octanol–water partition coefficient (Wildman–Crippen LogP) is 2.16. The molecule has 4 N–H and O–H groups in total. The summed E-state index contributed by atoms with van der Waals surface area (Å²) in [5.41, 5.74) is 2.69. The Hall–Kier alpha value is -2.64. The summed E-state index contributed by atoms with van der Waals surface area (Å²) in [4.78, 5) is 10.7. The second-order valence-corrected chi connectivity index (χ2v) is 5.52. The van der Waals surface area contributed by atoms with Gasteiger partial charge in [0, 0.05) is 23.7 Å². The van der Waals surface area contributed by atoms with Crippen molar-refractivity contribution in [3.05, 3.63) is 29.7 Å². The molecule has 8 heteroatoms. The molecular formula is C14H18N6O2. The summed E-state index contributed by atoms with van der Waals surface area (Å²) < 4.78 is 0. The number of aromatic amines is 1. The van der Waals surface area contributed by atoms with Crippen LogP contribution in [0.25, 0.3) is 0 Å². The molecule has 2 atom stereocenters. The van der Waals surface area contributed by atoms with Crippen molar-refractivity contribution in [1.82, 2.24) is 25.7 Å². The van der Waals surface area contributed by atoms with Crippen LogP contribution in [0.4, 0.5) is 16.3 Å². The van der Waals surface area contributed by atoms with Crippen LogP contribution in [0.15, 0.2) is 18.3 Å². The van der Waals surface area contributed by atoms with Crippen LogP contribution in [0.3, 0.4) is 0 Å². The number of aryl methyl sites for hydroxylation is 1. The van der Waals surface area contributed by atoms with Crippen LogP contribution in [0.5, 0.6) is 0 Å². The molecule has 1 fully saturated rings. The Labute approximate surface area is 127 Å². The molecule has 0 aromatic carbocycles. The first-order chi connectivity index (χ1) is 10.6. The molecule has 1 aliphatic carbocycles. The predicted molar refractivity (Wildman–Crippen MR) is 80.2 cm³/mol. The van der Waals surface area contributed by atoms with Crippen molar-refractivity contribution < 1.29 is 9.90 Å². The van der Waals surface area contributed by atoms with Crippen LogP contribution in [0, 0.1) is 6.92 Å². The van der Waals surface area contributed by atoms with Crippen molar-refractivity contribution >= 4 is 17.6 Å². The van der Waals surface area contributed by atoms with E-state index in [0.717, 1.165) is 42.2 Å². The molecule has 2 aromatic rings. The number of nitrogens with zero attached hydrogens (tertiary/aromatic N) is 3. The third kappa shape index (κ3) is 3.16. The van der Waals surface area contributed by atoms with Crippen LogP contribution < -0.4 is 10.6 Å². The van der Waals surface area contributed by atoms with Crippen molar-refractivity contribution in [3.8, 4) is 0 Å². The van der Waals surface area contributed by atoms with Crippen molar-refractivity contribution in [2.75, 3.05) is 5.32 Å². The van der Waals surface area contributed by atoms with Crippen molar-refractivity contribution in [2.45, 2.75) is 38.1 Å². The van der Waals surface area contributed by atoms with Crippen molar-refractivity contribution in [1.29, 1.82) is 0 Å². The van der Waals surface area contributed by atoms with E-state index in [1.165, 1.54) is 0 Å². The van der Waals surface area contributed by atoms with Gasteiger partial charge in [-0.25, -0.2) is 4.79 Å². The zero-order valence-corrected chi connectivity index (χ0v) is 12.2. The van der Waals surface area contributed by atoms with E-state index >= 15 is 0 Å². The number of amides is 1. The lowest BCUT2D eigenvalue weighted by molar-refractivity contribution is 0.190. The van der Waals surface area contributed by atoms with E-state index in [2.05, 4.69) is 31.0 Å². The molecule has 0 saturated heterocycles. The van der Waals surface area contributed by atoms with Gasteiger partial charge < -0.3 is 15.7 Å². The lowest BCUT2D eigenvalue weighted by atomic mass is 10.0. The summed E-state index contributed by atoms with van der Waals surface area (Å²) in [5.74, 6) is 1.03. The Bertz CT molecular complexity index is 671. The maximum absolute atomic E-state index is 10.7. The van der Waals surface area contributed by atoms with E-state index in [-0.39, 0.29) is 6.04 Å². The zero-order valence-electron chi connectivity index (χ0n) is 12.2. The van der Waals surface area contributed by atoms with Gasteiger partial charge in [0.1, 0.15) is 0 Å². The Kier molecular flexibility index (Phi) is 3.90. The first-order valence-electron chi connectivity index (χ1n) is 7.22. The molecule has 0 spiro atoms. The standard InChI is InChI=1S/C14H18N6O2/c1-8-11(4-5-15-18-8)17-13-7-12(19-20-13)9-2-3-10(6-9)16-14(21)22/h4-5,7,9-10,16H,2-3,6H2,1H3,(H,21,22)(H2,15,17,19,20)/t9-,10?/m0/s1. The van der Waals surface area contributed by atoms with Gasteiger partial charge in [0.25, 0.3) is 0 Å². The quantitative estimate of drug-likeness (QED) is 0.687. The van der Waals surface area contributed by atoms with Gasteiger partial charge in [-0.15, -0.1) is 0 Å². The topological polar surface area (TPSA) is 116 Å². The number of hydrogen-bond donors (Lipinski definition) is 4. The van der Waals surface area contributed by atoms with Gasteiger partial charge in [-0.05, 0) is 32.3 Å². The molecule has 1 aliphatic rings. The van der Waals surface area contributed by atoms with Gasteiger partial charge in [-0.3, -0.25) is 5.10 Å². The third-order valence-electron chi connectivity index (χ3n) is 3.97. The lowest BCUT2D eigenvalue weighted by Crippen LogP contribution is -2.31. The van der Waals surface area contributed by atoms with Gasteiger partial charge >= 0.3 is 6.09 Å². The van der Waals surface area contributed by atoms with E-state index < -0.39 is 6.09 Å². The number of rotatable bonds is 4. The number of H-pyrrole nitrogens is 1. The summed E-state index contributed by atoms with van der Waals surface area (Å²) >= 11 is 0. The Balaban J connectivity index is 1.65. The Morgan fingerprint density at radius 3 is 3.09 bits per heavy atom. The summed E-state index contributed by atoms with van der Waals surface area (Å²) in [7, 11) is 0. The normalized spacial score (nSPS) is 20.8. The van der Waals surface area contributed by atoms with Crippen LogP contribution in [0.2, 0.25) is 0 Å². The van der Waals surface area contributed by atoms with Gasteiger partial charge in [0.15, 0.2) is 5.82 Å². The highest BCUT2D eigenvalue weighted by Crippen LogP contribution is 2.34. The average Bonchev–Trinajstić information content (AvgIpc) is 3.10. The fourth-order valence-corrected chi connectivity index (χ4v) is 2.85. The fourth-order valence-electron chi connectivity index (χ4n) is 2.85. The summed E-state index contributed by atoms with van der Waals surface area (Å²) in [6.07, 6.45) is 3.26. The summed E-state index contributed by atoms with van der Waals surface area (Å²) in [5, 5.41) is 29.6. The fraction of sp³-hybridized carbons (Fsp3) is 0.429. The van der Waals surface area contributed by atoms with E-state index in [9.17, 15) is 4.79 Å². The first-order valence-corrected chi connectivity index (χ1v) is 7.22. The van der Waals surface area contributed by atoms with Crippen molar-refractivity contribution in [2.24, 2.45) is 0 Å². The highest BCUT2D eigenvalue weighted by Gasteiger charge is 2.28. The zero-order chi connectivity index (χ0) is 15.5. The Morgan fingerprint density at radius 2 is 2.32 bits per heavy atom. The monoisotopic (exact) mass is 302 g/mol. The average molecular weight is 302 g/mol. The molecule has 8 nitrogen and oxygen atoms in total. The van der Waals surface area contributed by atoms with Gasteiger partial charge in [-0.2, -0.15) is 15.3 Å². The first kappa shape index (κ1) is 14.3. The van der Waals surface area contributed by atoms with E-state index in [4.69, 9.17) is 5.11 Å². The van der Waals surface area contributed by atoms with Gasteiger partial charge in [0.2, 0.25) is 0 Å². The SMILES string of the molecule is Cc1nnccc1Nc1cc([C@H]2CCC(NC(=O)O)C2)[nH]n1. The molecule has 1 amide bonds. The second-order valence-electron chi connectivity index (χ2n) is 5.52. The minimum atomic E-state index is -0.960. The van der Waals surface area contributed by atoms with Crippen LogP contribution >= 0.6 is 0 Å². The van der Waals surface area contributed by atoms with Gasteiger partial charge in [0.05, 0.1) is 17.6 Å². The smallest absolute Gasteiger partial charge is 0.404 e. The number of aromatic nitrogens is 4. The largest absolute Gasteiger partial charge is 0.465 e. The number of anilines is 2. The molecular weight excluding hydrogens is 284 g/mol. The van der Waals surface area contributed by atoms with Crippen LogP contribution in [-0.2, 0) is 0 Å². The van der Waals surface area contributed by atoms with E-state index in [1.54, 1.807) is 6.20 Å². The van der Waals surface area contributed by atoms with E-state index in [1.807, 2.05) is 19.1 Å². The number of carbonyl (C=O) groups is 1. The summed E-state index contributed by atoms with van der Waals surface area (Å²) in [6, 6.07) is 3.83.